The largest absolute Gasteiger partial charge is 0.311 e. The predicted octanol–water partition coefficient (Wildman–Crippen LogP) is 0.936. The maximum Gasteiger partial charge on any atom is 0.148 e. The average Bonchev–Trinajstić information content (AvgIpc) is 2.38. The molecule has 1 fully saturated rings. The van der Waals surface area contributed by atoms with Crippen LogP contribution in [0.4, 0.5) is 0 Å². The summed E-state index contributed by atoms with van der Waals surface area (Å²) in [6.07, 6.45) is 2.30. The van der Waals surface area contributed by atoms with E-state index in [1.165, 1.54) is 11.8 Å². The number of rotatable bonds is 5. The molecule has 1 N–H and O–H groups in total. The summed E-state index contributed by atoms with van der Waals surface area (Å²) in [6, 6.07) is 10.9. The molecule has 20 heavy (non-hydrogen) atoms. The minimum atomic E-state index is -2.91. The Morgan fingerprint density at radius 3 is 2.70 bits per heavy atom. The molecule has 112 valence electrons. The van der Waals surface area contributed by atoms with Crippen LogP contribution in [0.25, 0.3) is 0 Å². The van der Waals surface area contributed by atoms with E-state index in [4.69, 9.17) is 0 Å². The third-order valence-corrected chi connectivity index (χ3v) is 4.87. The fourth-order valence-corrected chi connectivity index (χ4v) is 3.92. The van der Waals surface area contributed by atoms with Gasteiger partial charge in [-0.15, -0.1) is 0 Å². The molecule has 0 saturated carbocycles. The van der Waals surface area contributed by atoms with Gasteiger partial charge < -0.3 is 5.32 Å². The standard InChI is InChI=1S/C15H24N2O2S/c1-13(12-20(2,18)19)17-9-8-16-15(11-17)10-14-6-4-3-5-7-14/h3-7,13,15-16H,8-12H2,1-2H3. The number of benzene rings is 1. The van der Waals surface area contributed by atoms with Crippen LogP contribution >= 0.6 is 0 Å². The summed E-state index contributed by atoms with van der Waals surface area (Å²) in [4.78, 5) is 2.28. The molecule has 0 aliphatic carbocycles. The quantitative estimate of drug-likeness (QED) is 0.878. The van der Waals surface area contributed by atoms with Gasteiger partial charge in [0.1, 0.15) is 9.84 Å². The Balaban J connectivity index is 1.91. The van der Waals surface area contributed by atoms with Crippen molar-refractivity contribution in [3.05, 3.63) is 35.9 Å². The molecule has 0 bridgehead atoms. The van der Waals surface area contributed by atoms with Gasteiger partial charge in [0.2, 0.25) is 0 Å². The summed E-state index contributed by atoms with van der Waals surface area (Å²) in [7, 11) is -2.91. The van der Waals surface area contributed by atoms with Crippen molar-refractivity contribution < 1.29 is 8.42 Å². The van der Waals surface area contributed by atoms with Gasteiger partial charge in [0.25, 0.3) is 0 Å². The number of nitrogens with one attached hydrogen (secondary N) is 1. The second-order valence-corrected chi connectivity index (χ2v) is 7.96. The SMILES string of the molecule is CC(CS(C)(=O)=O)N1CCNC(Cc2ccccc2)C1. The molecule has 0 aromatic heterocycles. The van der Waals surface area contributed by atoms with Crippen molar-refractivity contribution in [2.75, 3.05) is 31.6 Å². The summed E-state index contributed by atoms with van der Waals surface area (Å²) in [5, 5.41) is 3.52. The molecule has 1 aliphatic rings. The lowest BCUT2D eigenvalue weighted by Gasteiger charge is -2.37. The third-order valence-electron chi connectivity index (χ3n) is 3.78. The highest BCUT2D eigenvalue weighted by molar-refractivity contribution is 7.90. The number of piperazine rings is 1. The molecule has 4 nitrogen and oxygen atoms in total. The van der Waals surface area contributed by atoms with Gasteiger partial charge in [-0.05, 0) is 18.9 Å². The van der Waals surface area contributed by atoms with E-state index in [9.17, 15) is 8.42 Å². The van der Waals surface area contributed by atoms with Crippen LogP contribution in [-0.4, -0.2) is 57.0 Å². The van der Waals surface area contributed by atoms with Crippen molar-refractivity contribution in [1.82, 2.24) is 10.2 Å². The first-order chi connectivity index (χ1) is 9.44. The summed E-state index contributed by atoms with van der Waals surface area (Å²) in [6.45, 7) is 4.76. The van der Waals surface area contributed by atoms with Crippen LogP contribution in [0.15, 0.2) is 30.3 Å². The second kappa shape index (κ2) is 6.70. The highest BCUT2D eigenvalue weighted by Crippen LogP contribution is 2.11. The van der Waals surface area contributed by atoms with E-state index in [-0.39, 0.29) is 11.8 Å². The van der Waals surface area contributed by atoms with E-state index in [0.717, 1.165) is 26.1 Å². The molecule has 1 aromatic carbocycles. The van der Waals surface area contributed by atoms with Crippen LogP contribution in [0.1, 0.15) is 12.5 Å². The predicted molar refractivity (Wildman–Crippen MR) is 82.7 cm³/mol. The summed E-state index contributed by atoms with van der Waals surface area (Å²) in [5.41, 5.74) is 1.32. The Bertz CT molecular complexity index is 516. The molecule has 0 spiro atoms. The van der Waals surface area contributed by atoms with Crippen LogP contribution in [0.3, 0.4) is 0 Å². The van der Waals surface area contributed by atoms with Gasteiger partial charge in [0, 0.05) is 38.0 Å². The average molecular weight is 296 g/mol. The van der Waals surface area contributed by atoms with E-state index in [1.807, 2.05) is 13.0 Å². The van der Waals surface area contributed by atoms with Gasteiger partial charge in [-0.3, -0.25) is 4.90 Å². The first-order valence-electron chi connectivity index (χ1n) is 7.13. The minimum absolute atomic E-state index is 0.0883. The lowest BCUT2D eigenvalue weighted by molar-refractivity contribution is 0.163. The lowest BCUT2D eigenvalue weighted by atomic mass is 10.0. The van der Waals surface area contributed by atoms with E-state index in [2.05, 4.69) is 34.5 Å². The molecular formula is C15H24N2O2S. The topological polar surface area (TPSA) is 49.4 Å². The molecule has 2 rings (SSSR count). The van der Waals surface area contributed by atoms with E-state index >= 15 is 0 Å². The van der Waals surface area contributed by atoms with Gasteiger partial charge in [0.15, 0.2) is 0 Å². The molecule has 1 aliphatic heterocycles. The molecule has 0 radical (unpaired) electrons. The molecule has 1 heterocycles. The van der Waals surface area contributed by atoms with Gasteiger partial charge in [0.05, 0.1) is 5.75 Å². The first kappa shape index (κ1) is 15.5. The number of nitrogens with zero attached hydrogens (tertiary/aromatic N) is 1. The summed E-state index contributed by atoms with van der Waals surface area (Å²) in [5.74, 6) is 0.241. The summed E-state index contributed by atoms with van der Waals surface area (Å²) < 4.78 is 22.8. The Hall–Kier alpha value is -0.910. The molecule has 2 unspecified atom stereocenters. The van der Waals surface area contributed by atoms with Gasteiger partial charge in [-0.2, -0.15) is 0 Å². The van der Waals surface area contributed by atoms with Gasteiger partial charge in [-0.25, -0.2) is 8.42 Å². The van der Waals surface area contributed by atoms with Crippen LogP contribution in [0, 0.1) is 0 Å². The van der Waals surface area contributed by atoms with E-state index in [1.54, 1.807) is 0 Å². The van der Waals surface area contributed by atoms with Crippen molar-refractivity contribution in [3.8, 4) is 0 Å². The zero-order chi connectivity index (χ0) is 14.6. The second-order valence-electron chi connectivity index (χ2n) is 5.78. The molecule has 5 heteroatoms. The monoisotopic (exact) mass is 296 g/mol. The van der Waals surface area contributed by atoms with Crippen molar-refractivity contribution in [2.45, 2.75) is 25.4 Å². The van der Waals surface area contributed by atoms with Crippen molar-refractivity contribution >= 4 is 9.84 Å². The Labute approximate surface area is 122 Å². The maximum absolute atomic E-state index is 11.4. The molecule has 1 saturated heterocycles. The van der Waals surface area contributed by atoms with Crippen LogP contribution < -0.4 is 5.32 Å². The molecule has 2 atom stereocenters. The Morgan fingerprint density at radius 2 is 2.05 bits per heavy atom. The highest BCUT2D eigenvalue weighted by atomic mass is 32.2. The number of sulfone groups is 1. The lowest BCUT2D eigenvalue weighted by Crippen LogP contribution is -2.55. The smallest absolute Gasteiger partial charge is 0.148 e. The molecule has 0 amide bonds. The van der Waals surface area contributed by atoms with Gasteiger partial charge >= 0.3 is 0 Å². The third kappa shape index (κ3) is 4.89. The zero-order valence-corrected chi connectivity index (χ0v) is 13.1. The van der Waals surface area contributed by atoms with Crippen LogP contribution in [-0.2, 0) is 16.3 Å². The molecule has 1 aromatic rings. The van der Waals surface area contributed by atoms with Crippen molar-refractivity contribution in [2.24, 2.45) is 0 Å². The normalized spacial score (nSPS) is 22.6. The summed E-state index contributed by atoms with van der Waals surface area (Å²) >= 11 is 0. The zero-order valence-electron chi connectivity index (χ0n) is 12.2. The van der Waals surface area contributed by atoms with Crippen LogP contribution in [0.5, 0.6) is 0 Å². The fourth-order valence-electron chi connectivity index (χ4n) is 2.83. The maximum atomic E-state index is 11.4. The minimum Gasteiger partial charge on any atom is -0.311 e. The van der Waals surface area contributed by atoms with Crippen molar-refractivity contribution in [3.63, 3.8) is 0 Å². The van der Waals surface area contributed by atoms with Crippen LogP contribution in [0.2, 0.25) is 0 Å². The number of hydrogen-bond donors (Lipinski definition) is 1. The Kier molecular flexibility index (Phi) is 5.18. The Morgan fingerprint density at radius 1 is 1.35 bits per heavy atom. The van der Waals surface area contributed by atoms with E-state index in [0.29, 0.717) is 6.04 Å². The highest BCUT2D eigenvalue weighted by Gasteiger charge is 2.25. The van der Waals surface area contributed by atoms with Crippen molar-refractivity contribution in [1.29, 1.82) is 0 Å². The first-order valence-corrected chi connectivity index (χ1v) is 9.19. The van der Waals surface area contributed by atoms with Gasteiger partial charge in [-0.1, -0.05) is 30.3 Å². The van der Waals surface area contributed by atoms with E-state index < -0.39 is 9.84 Å². The fraction of sp³-hybridized carbons (Fsp3) is 0.600. The molecular weight excluding hydrogens is 272 g/mol. The number of hydrogen-bond acceptors (Lipinski definition) is 4.